The highest BCUT2D eigenvalue weighted by molar-refractivity contribution is 6.68. The highest BCUT2D eigenvalue weighted by atomic mass is 35.5. The minimum Gasteiger partial charge on any atom is -0.506 e. The van der Waals surface area contributed by atoms with E-state index in [2.05, 4.69) is 4.98 Å². The molecule has 0 aliphatic carbocycles. The van der Waals surface area contributed by atoms with Gasteiger partial charge in [-0.3, -0.25) is 9.78 Å². The molecular weight excluding hydrogens is 216 g/mol. The van der Waals surface area contributed by atoms with Gasteiger partial charge in [-0.05, 0) is 24.1 Å². The molecule has 1 N–H and O–H groups in total. The SMILES string of the molecule is Cc1c(C(F)F)ncc(O)c1C(=O)Cl. The molecule has 0 fully saturated rings. The van der Waals surface area contributed by atoms with Crippen molar-refractivity contribution in [3.8, 4) is 5.75 Å². The molecule has 0 amide bonds. The van der Waals surface area contributed by atoms with Gasteiger partial charge in [0.1, 0.15) is 11.4 Å². The fourth-order valence-corrected chi connectivity index (χ4v) is 1.32. The van der Waals surface area contributed by atoms with Crippen LogP contribution in [0.3, 0.4) is 0 Å². The quantitative estimate of drug-likeness (QED) is 0.781. The topological polar surface area (TPSA) is 50.2 Å². The second-order valence-corrected chi connectivity index (χ2v) is 2.95. The smallest absolute Gasteiger partial charge is 0.280 e. The van der Waals surface area contributed by atoms with Crippen molar-refractivity contribution in [1.29, 1.82) is 0 Å². The van der Waals surface area contributed by atoms with E-state index in [0.717, 1.165) is 6.20 Å². The minimum absolute atomic E-state index is 0.0972. The molecule has 0 unspecified atom stereocenters. The van der Waals surface area contributed by atoms with Crippen molar-refractivity contribution in [2.45, 2.75) is 13.3 Å². The van der Waals surface area contributed by atoms with Crippen molar-refractivity contribution >= 4 is 16.8 Å². The summed E-state index contributed by atoms with van der Waals surface area (Å²) in [5, 5.41) is 8.17. The maximum atomic E-state index is 12.3. The van der Waals surface area contributed by atoms with E-state index in [0.29, 0.717) is 0 Å². The molecule has 6 heteroatoms. The summed E-state index contributed by atoms with van der Waals surface area (Å²) >= 11 is 5.12. The number of pyridine rings is 1. The van der Waals surface area contributed by atoms with Gasteiger partial charge in [0.05, 0.1) is 11.8 Å². The number of hydrogen-bond donors (Lipinski definition) is 1. The molecule has 76 valence electrons. The lowest BCUT2D eigenvalue weighted by Crippen LogP contribution is -2.02. The molecule has 0 aliphatic heterocycles. The van der Waals surface area contributed by atoms with E-state index < -0.39 is 23.1 Å². The third kappa shape index (κ3) is 1.82. The van der Waals surface area contributed by atoms with Gasteiger partial charge in [-0.15, -0.1) is 0 Å². The molecule has 14 heavy (non-hydrogen) atoms. The number of halogens is 3. The van der Waals surface area contributed by atoms with Crippen LogP contribution >= 0.6 is 11.6 Å². The number of hydrogen-bond acceptors (Lipinski definition) is 3. The molecule has 3 nitrogen and oxygen atoms in total. The van der Waals surface area contributed by atoms with Crippen LogP contribution in [0.25, 0.3) is 0 Å². The van der Waals surface area contributed by atoms with Crippen molar-refractivity contribution in [3.05, 3.63) is 23.0 Å². The average Bonchev–Trinajstić information content (AvgIpc) is 2.02. The lowest BCUT2D eigenvalue weighted by atomic mass is 10.1. The van der Waals surface area contributed by atoms with E-state index in [1.54, 1.807) is 0 Å². The molecule has 0 bridgehead atoms. The number of alkyl halides is 2. The van der Waals surface area contributed by atoms with Crippen LogP contribution in [0.1, 0.15) is 28.0 Å². The predicted molar refractivity (Wildman–Crippen MR) is 45.8 cm³/mol. The van der Waals surface area contributed by atoms with Gasteiger partial charge < -0.3 is 5.11 Å². The second kappa shape index (κ2) is 3.88. The second-order valence-electron chi connectivity index (χ2n) is 2.60. The van der Waals surface area contributed by atoms with Gasteiger partial charge in [0.2, 0.25) is 0 Å². The monoisotopic (exact) mass is 221 g/mol. The van der Waals surface area contributed by atoms with Gasteiger partial charge in [0.25, 0.3) is 11.7 Å². The van der Waals surface area contributed by atoms with Crippen LogP contribution in [0, 0.1) is 6.92 Å². The Morgan fingerprint density at radius 1 is 1.64 bits per heavy atom. The first-order valence-electron chi connectivity index (χ1n) is 3.61. The van der Waals surface area contributed by atoms with Crippen LogP contribution in [-0.4, -0.2) is 15.3 Å². The van der Waals surface area contributed by atoms with Crippen molar-refractivity contribution in [2.24, 2.45) is 0 Å². The Labute approximate surface area is 83.3 Å². The average molecular weight is 222 g/mol. The van der Waals surface area contributed by atoms with Crippen LogP contribution < -0.4 is 0 Å². The molecule has 0 saturated heterocycles. The molecule has 1 aromatic rings. The fourth-order valence-electron chi connectivity index (χ4n) is 1.08. The van der Waals surface area contributed by atoms with Gasteiger partial charge in [-0.1, -0.05) is 0 Å². The summed E-state index contributed by atoms with van der Waals surface area (Å²) < 4.78 is 24.6. The van der Waals surface area contributed by atoms with Crippen LogP contribution in [0.4, 0.5) is 8.78 Å². The first kappa shape index (κ1) is 10.8. The van der Waals surface area contributed by atoms with Gasteiger partial charge in [-0.2, -0.15) is 0 Å². The Morgan fingerprint density at radius 2 is 2.21 bits per heavy atom. The molecule has 0 spiro atoms. The van der Waals surface area contributed by atoms with Gasteiger partial charge in [-0.25, -0.2) is 8.78 Å². The summed E-state index contributed by atoms with van der Waals surface area (Å²) in [5.74, 6) is -0.494. The Hall–Kier alpha value is -1.23. The predicted octanol–water partition coefficient (Wildman–Crippen LogP) is 2.41. The largest absolute Gasteiger partial charge is 0.506 e. The standard InChI is InChI=1S/C8H6ClF2NO2/c1-3-5(7(9)14)4(13)2-12-6(3)8(10)11/h2,8,13H,1H3. The van der Waals surface area contributed by atoms with Gasteiger partial charge >= 0.3 is 0 Å². The third-order valence-electron chi connectivity index (χ3n) is 1.74. The summed E-state index contributed by atoms with van der Waals surface area (Å²) in [7, 11) is 0. The van der Waals surface area contributed by atoms with Crippen molar-refractivity contribution in [2.75, 3.05) is 0 Å². The summed E-state index contributed by atoms with van der Waals surface area (Å²) in [6, 6.07) is 0. The van der Waals surface area contributed by atoms with E-state index in [9.17, 15) is 13.6 Å². The number of carbonyl (C=O) groups is 1. The van der Waals surface area contributed by atoms with Crippen molar-refractivity contribution in [3.63, 3.8) is 0 Å². The van der Waals surface area contributed by atoms with E-state index >= 15 is 0 Å². The molecule has 1 heterocycles. The molecule has 0 saturated carbocycles. The van der Waals surface area contributed by atoms with E-state index in [1.165, 1.54) is 6.92 Å². The molecular formula is C8H6ClF2NO2. The van der Waals surface area contributed by atoms with E-state index in [4.69, 9.17) is 16.7 Å². The number of aromatic hydroxyl groups is 1. The highest BCUT2D eigenvalue weighted by Gasteiger charge is 2.20. The van der Waals surface area contributed by atoms with Crippen molar-refractivity contribution < 1.29 is 18.7 Å². The van der Waals surface area contributed by atoms with E-state index in [-0.39, 0.29) is 11.1 Å². The first-order chi connectivity index (χ1) is 6.45. The summed E-state index contributed by atoms with van der Waals surface area (Å²) in [6.45, 7) is 1.25. The molecule has 0 aromatic carbocycles. The highest BCUT2D eigenvalue weighted by Crippen LogP contribution is 2.28. The maximum Gasteiger partial charge on any atom is 0.280 e. The third-order valence-corrected chi connectivity index (χ3v) is 1.93. The molecule has 0 radical (unpaired) electrons. The van der Waals surface area contributed by atoms with Crippen LogP contribution in [-0.2, 0) is 0 Å². The number of nitrogens with zero attached hydrogens (tertiary/aromatic N) is 1. The molecule has 0 atom stereocenters. The summed E-state index contributed by atoms with van der Waals surface area (Å²) in [5.41, 5.74) is -0.969. The number of aromatic nitrogens is 1. The summed E-state index contributed by atoms with van der Waals surface area (Å²) in [6.07, 6.45) is -2.02. The maximum absolute atomic E-state index is 12.3. The molecule has 1 rings (SSSR count). The Balaban J connectivity index is 3.41. The Bertz CT molecular complexity index is 382. The number of carbonyl (C=O) groups excluding carboxylic acids is 1. The van der Waals surface area contributed by atoms with Crippen LogP contribution in [0.2, 0.25) is 0 Å². The lowest BCUT2D eigenvalue weighted by molar-refractivity contribution is 0.107. The normalized spacial score (nSPS) is 10.6. The van der Waals surface area contributed by atoms with Crippen molar-refractivity contribution in [1.82, 2.24) is 4.98 Å². The van der Waals surface area contributed by atoms with E-state index in [1.807, 2.05) is 0 Å². The van der Waals surface area contributed by atoms with Crippen LogP contribution in [0.5, 0.6) is 5.75 Å². The first-order valence-corrected chi connectivity index (χ1v) is 3.99. The number of rotatable bonds is 2. The zero-order chi connectivity index (χ0) is 10.9. The van der Waals surface area contributed by atoms with Gasteiger partial charge in [0, 0.05) is 0 Å². The Morgan fingerprint density at radius 3 is 2.64 bits per heavy atom. The summed E-state index contributed by atoms with van der Waals surface area (Å²) in [4.78, 5) is 14.1. The van der Waals surface area contributed by atoms with Gasteiger partial charge in [0.15, 0.2) is 0 Å². The lowest BCUT2D eigenvalue weighted by Gasteiger charge is -2.07. The molecule has 1 aromatic heterocycles. The fraction of sp³-hybridized carbons (Fsp3) is 0.250. The zero-order valence-electron chi connectivity index (χ0n) is 7.09. The zero-order valence-corrected chi connectivity index (χ0v) is 7.85. The molecule has 0 aliphatic rings. The Kier molecular flexibility index (Phi) is 3.00. The van der Waals surface area contributed by atoms with Crippen LogP contribution in [0.15, 0.2) is 6.20 Å². The minimum atomic E-state index is -2.80.